The van der Waals surface area contributed by atoms with E-state index in [2.05, 4.69) is 10.6 Å². The molecule has 2 N–H and O–H groups in total. The second-order valence-corrected chi connectivity index (χ2v) is 11.5. The Hall–Kier alpha value is -4.64. The summed E-state index contributed by atoms with van der Waals surface area (Å²) in [6.45, 7) is -0.871. The highest BCUT2D eigenvalue weighted by Gasteiger charge is 2.54. The van der Waals surface area contributed by atoms with Gasteiger partial charge in [-0.05, 0) is 64.4 Å². The zero-order chi connectivity index (χ0) is 32.7. The molecule has 0 bridgehead atoms. The standard InChI is InChI=1S/C35H29F6N3O2/c36-33(37,38)21-42-32(46)34(29-11-5-3-8-26(29)27-9-4-6-12-30(27)34)44-19-17-24(18-20-44)43-31(45)28-10-2-1-7-25(28)22-13-15-23(16-14-22)35(39,40)41/h1-16,24H,17-21H2,(H,42,46)(H,43,45). The van der Waals surface area contributed by atoms with Crippen molar-refractivity contribution in [2.24, 2.45) is 0 Å². The fourth-order valence-corrected chi connectivity index (χ4v) is 6.64. The van der Waals surface area contributed by atoms with Crippen LogP contribution in [0.5, 0.6) is 0 Å². The van der Waals surface area contributed by atoms with Gasteiger partial charge in [-0.2, -0.15) is 26.3 Å². The molecule has 0 unspecified atom stereocenters. The molecule has 0 atom stereocenters. The maximum Gasteiger partial charge on any atom is 0.416 e. The number of amides is 2. The highest BCUT2D eigenvalue weighted by atomic mass is 19.4. The maximum atomic E-state index is 13.9. The Kier molecular flexibility index (Phi) is 8.14. The Morgan fingerprint density at radius 3 is 1.78 bits per heavy atom. The number of benzene rings is 4. The van der Waals surface area contributed by atoms with Gasteiger partial charge in [0.05, 0.1) is 5.56 Å². The van der Waals surface area contributed by atoms with E-state index < -0.39 is 41.8 Å². The Morgan fingerprint density at radius 2 is 1.24 bits per heavy atom. The molecule has 6 rings (SSSR count). The Morgan fingerprint density at radius 1 is 0.717 bits per heavy atom. The first kappa shape index (κ1) is 31.3. The van der Waals surface area contributed by atoms with Crippen molar-refractivity contribution in [1.29, 1.82) is 0 Å². The van der Waals surface area contributed by atoms with Crippen molar-refractivity contribution >= 4 is 11.8 Å². The summed E-state index contributed by atoms with van der Waals surface area (Å²) in [4.78, 5) is 29.3. The molecular formula is C35H29F6N3O2. The van der Waals surface area contributed by atoms with Crippen LogP contribution in [0.3, 0.4) is 0 Å². The highest BCUT2D eigenvalue weighted by Crippen LogP contribution is 2.51. The molecule has 46 heavy (non-hydrogen) atoms. The van der Waals surface area contributed by atoms with E-state index in [0.717, 1.165) is 23.3 Å². The van der Waals surface area contributed by atoms with Gasteiger partial charge in [-0.3, -0.25) is 14.5 Å². The molecule has 1 saturated heterocycles. The monoisotopic (exact) mass is 637 g/mol. The summed E-state index contributed by atoms with van der Waals surface area (Å²) in [6.07, 6.45) is -8.26. The molecule has 0 radical (unpaired) electrons. The third-order valence-electron chi connectivity index (χ3n) is 8.70. The number of piperidine rings is 1. The van der Waals surface area contributed by atoms with Crippen LogP contribution in [0.15, 0.2) is 97.1 Å². The molecule has 2 aliphatic rings. The van der Waals surface area contributed by atoms with Crippen LogP contribution in [0, 0.1) is 0 Å². The number of alkyl halides is 6. The molecule has 1 heterocycles. The molecule has 4 aromatic rings. The van der Waals surface area contributed by atoms with E-state index in [1.54, 1.807) is 48.5 Å². The predicted octanol–water partition coefficient (Wildman–Crippen LogP) is 7.17. The van der Waals surface area contributed by atoms with Crippen LogP contribution in [-0.4, -0.2) is 48.6 Å². The van der Waals surface area contributed by atoms with Crippen LogP contribution in [0.1, 0.15) is 39.9 Å². The number of carbonyl (C=O) groups excluding carboxylic acids is 2. The molecule has 1 fully saturated rings. The lowest BCUT2D eigenvalue weighted by atomic mass is 9.82. The number of likely N-dealkylation sites (tertiary alicyclic amines) is 1. The van der Waals surface area contributed by atoms with Crippen LogP contribution in [0.4, 0.5) is 26.3 Å². The molecule has 238 valence electrons. The van der Waals surface area contributed by atoms with Gasteiger partial charge in [-0.25, -0.2) is 0 Å². The molecule has 11 heteroatoms. The maximum absolute atomic E-state index is 13.9. The summed E-state index contributed by atoms with van der Waals surface area (Å²) >= 11 is 0. The molecule has 4 aromatic carbocycles. The van der Waals surface area contributed by atoms with Gasteiger partial charge in [0, 0.05) is 24.7 Å². The first-order chi connectivity index (χ1) is 21.9. The van der Waals surface area contributed by atoms with E-state index in [1.807, 2.05) is 29.2 Å². The van der Waals surface area contributed by atoms with Gasteiger partial charge in [0.1, 0.15) is 6.54 Å². The number of rotatable bonds is 6. The van der Waals surface area contributed by atoms with Gasteiger partial charge in [-0.1, -0.05) is 78.9 Å². The van der Waals surface area contributed by atoms with Gasteiger partial charge in [0.15, 0.2) is 5.54 Å². The molecular weight excluding hydrogens is 608 g/mol. The number of nitrogens with one attached hydrogen (secondary N) is 2. The van der Waals surface area contributed by atoms with Gasteiger partial charge >= 0.3 is 12.4 Å². The summed E-state index contributed by atoms with van der Waals surface area (Å²) < 4.78 is 79.0. The molecule has 0 saturated carbocycles. The number of fused-ring (bicyclic) bond motifs is 3. The van der Waals surface area contributed by atoms with E-state index in [4.69, 9.17) is 0 Å². The van der Waals surface area contributed by atoms with Crippen LogP contribution < -0.4 is 10.6 Å². The number of hydrogen-bond donors (Lipinski definition) is 2. The van der Waals surface area contributed by atoms with Gasteiger partial charge in [0.2, 0.25) is 5.91 Å². The molecule has 0 spiro atoms. The van der Waals surface area contributed by atoms with Gasteiger partial charge < -0.3 is 10.6 Å². The van der Waals surface area contributed by atoms with Crippen LogP contribution in [0.25, 0.3) is 22.3 Å². The minimum atomic E-state index is -4.59. The minimum absolute atomic E-state index is 0.298. The average molecular weight is 638 g/mol. The minimum Gasteiger partial charge on any atom is -0.349 e. The SMILES string of the molecule is O=C(NC1CCN(C2(C(=O)NCC(F)(F)F)c3ccccc3-c3ccccc32)CC1)c1ccccc1-c1ccc(C(F)(F)F)cc1. The van der Waals surface area contributed by atoms with Crippen molar-refractivity contribution in [3.05, 3.63) is 119 Å². The van der Waals surface area contributed by atoms with Crippen molar-refractivity contribution < 1.29 is 35.9 Å². The summed E-state index contributed by atoms with van der Waals surface area (Å²) in [5.41, 5.74) is 1.69. The molecule has 2 amide bonds. The molecule has 0 aromatic heterocycles. The van der Waals surface area contributed by atoms with Crippen LogP contribution in [-0.2, 0) is 16.5 Å². The lowest BCUT2D eigenvalue weighted by Gasteiger charge is -2.45. The van der Waals surface area contributed by atoms with Crippen molar-refractivity contribution in [2.75, 3.05) is 19.6 Å². The lowest BCUT2D eigenvalue weighted by molar-refractivity contribution is -0.145. The van der Waals surface area contributed by atoms with E-state index >= 15 is 0 Å². The average Bonchev–Trinajstić information content (AvgIpc) is 3.34. The van der Waals surface area contributed by atoms with E-state index in [-0.39, 0.29) is 6.04 Å². The first-order valence-electron chi connectivity index (χ1n) is 14.8. The summed E-state index contributed by atoms with van der Waals surface area (Å²) in [6, 6.07) is 25.3. The third-order valence-corrected chi connectivity index (χ3v) is 8.70. The van der Waals surface area contributed by atoms with Crippen molar-refractivity contribution in [3.8, 4) is 22.3 Å². The van der Waals surface area contributed by atoms with Crippen LogP contribution in [0.2, 0.25) is 0 Å². The Balaban J connectivity index is 1.24. The number of halogens is 6. The molecule has 1 aliphatic carbocycles. The van der Waals surface area contributed by atoms with E-state index in [1.165, 1.54) is 12.1 Å². The van der Waals surface area contributed by atoms with Crippen LogP contribution >= 0.6 is 0 Å². The Bertz CT molecular complexity index is 1710. The fourth-order valence-electron chi connectivity index (χ4n) is 6.64. The predicted molar refractivity (Wildman–Crippen MR) is 161 cm³/mol. The van der Waals surface area contributed by atoms with Crippen molar-refractivity contribution in [2.45, 2.75) is 36.8 Å². The second-order valence-electron chi connectivity index (χ2n) is 11.5. The molecule has 5 nitrogen and oxygen atoms in total. The lowest BCUT2D eigenvalue weighted by Crippen LogP contribution is -2.60. The summed E-state index contributed by atoms with van der Waals surface area (Å²) in [5, 5.41) is 5.17. The Labute approximate surface area is 261 Å². The largest absolute Gasteiger partial charge is 0.416 e. The zero-order valence-electron chi connectivity index (χ0n) is 24.4. The fraction of sp³-hybridized carbons (Fsp3) is 0.257. The van der Waals surface area contributed by atoms with Crippen molar-refractivity contribution in [3.63, 3.8) is 0 Å². The van der Waals surface area contributed by atoms with Gasteiger partial charge in [-0.15, -0.1) is 0 Å². The first-order valence-corrected chi connectivity index (χ1v) is 14.8. The van der Waals surface area contributed by atoms with E-state index in [0.29, 0.717) is 53.7 Å². The number of nitrogens with zero attached hydrogens (tertiary/aromatic N) is 1. The number of hydrogen-bond acceptors (Lipinski definition) is 3. The van der Waals surface area contributed by atoms with Crippen molar-refractivity contribution in [1.82, 2.24) is 15.5 Å². The molecule has 1 aliphatic heterocycles. The highest BCUT2D eigenvalue weighted by molar-refractivity contribution is 6.01. The topological polar surface area (TPSA) is 61.4 Å². The van der Waals surface area contributed by atoms with E-state index in [9.17, 15) is 35.9 Å². The smallest absolute Gasteiger partial charge is 0.349 e. The number of carbonyl (C=O) groups is 2. The zero-order valence-corrected chi connectivity index (χ0v) is 24.4. The second kappa shape index (κ2) is 11.9. The normalized spacial score (nSPS) is 16.4. The quantitative estimate of drug-likeness (QED) is 0.221. The summed E-state index contributed by atoms with van der Waals surface area (Å²) in [7, 11) is 0. The third kappa shape index (κ3) is 5.75. The summed E-state index contributed by atoms with van der Waals surface area (Å²) in [5.74, 6) is -1.17. The van der Waals surface area contributed by atoms with Gasteiger partial charge in [0.25, 0.3) is 5.91 Å².